The number of ether oxygens (including phenoxy) is 1. The van der Waals surface area contributed by atoms with Gasteiger partial charge in [0.05, 0.1) is 0 Å². The van der Waals surface area contributed by atoms with Crippen LogP contribution in [0.1, 0.15) is 17.3 Å². The second-order valence-electron chi connectivity index (χ2n) is 4.35. The van der Waals surface area contributed by atoms with Crippen molar-refractivity contribution in [2.75, 3.05) is 6.54 Å². The van der Waals surface area contributed by atoms with Gasteiger partial charge >= 0.3 is 6.36 Å². The molecule has 0 bridgehead atoms. The van der Waals surface area contributed by atoms with Gasteiger partial charge in [-0.05, 0) is 24.6 Å². The first-order valence-electron chi connectivity index (χ1n) is 6.27. The van der Waals surface area contributed by atoms with E-state index in [2.05, 4.69) is 20.2 Å². The highest BCUT2D eigenvalue weighted by Crippen LogP contribution is 2.22. The second-order valence-corrected chi connectivity index (χ2v) is 4.35. The van der Waals surface area contributed by atoms with E-state index in [0.717, 1.165) is 5.56 Å². The Bertz CT molecular complexity index is 567. The number of halogens is 3. The molecule has 0 atom stereocenters. The second kappa shape index (κ2) is 6.57. The van der Waals surface area contributed by atoms with E-state index in [-0.39, 0.29) is 5.75 Å². The molecule has 0 amide bonds. The molecular weight excluding hydrogens is 287 g/mol. The van der Waals surface area contributed by atoms with E-state index in [9.17, 15) is 13.2 Å². The van der Waals surface area contributed by atoms with Crippen molar-refractivity contribution in [3.8, 4) is 5.75 Å². The number of aryl methyl sites for hydroxylation is 1. The van der Waals surface area contributed by atoms with Crippen LogP contribution in [0.25, 0.3) is 0 Å². The zero-order chi connectivity index (χ0) is 15.3. The minimum Gasteiger partial charge on any atom is -0.406 e. The Balaban J connectivity index is 1.73. The molecule has 0 unspecified atom stereocenters. The van der Waals surface area contributed by atoms with Gasteiger partial charge in [-0.2, -0.15) is 4.98 Å². The zero-order valence-electron chi connectivity index (χ0n) is 11.3. The van der Waals surface area contributed by atoms with Crippen molar-refractivity contribution < 1.29 is 22.4 Å². The Hall–Kier alpha value is -2.09. The summed E-state index contributed by atoms with van der Waals surface area (Å²) in [7, 11) is 0. The summed E-state index contributed by atoms with van der Waals surface area (Å²) in [5.41, 5.74) is 0.853. The molecule has 1 heterocycles. The lowest BCUT2D eigenvalue weighted by Crippen LogP contribution is -2.18. The highest BCUT2D eigenvalue weighted by Gasteiger charge is 2.30. The van der Waals surface area contributed by atoms with Crippen molar-refractivity contribution >= 4 is 0 Å². The number of benzene rings is 1. The quantitative estimate of drug-likeness (QED) is 0.831. The van der Waals surface area contributed by atoms with Crippen LogP contribution >= 0.6 is 0 Å². The van der Waals surface area contributed by atoms with E-state index >= 15 is 0 Å². The first-order chi connectivity index (χ1) is 9.92. The van der Waals surface area contributed by atoms with Gasteiger partial charge in [0.25, 0.3) is 0 Å². The molecule has 21 heavy (non-hydrogen) atoms. The third-order valence-electron chi connectivity index (χ3n) is 2.57. The fourth-order valence-electron chi connectivity index (χ4n) is 1.68. The van der Waals surface area contributed by atoms with Gasteiger partial charge in [0.15, 0.2) is 5.82 Å². The van der Waals surface area contributed by atoms with Crippen LogP contribution in [0.2, 0.25) is 0 Å². The van der Waals surface area contributed by atoms with Gasteiger partial charge in [0.2, 0.25) is 5.89 Å². The summed E-state index contributed by atoms with van der Waals surface area (Å²) in [5, 5.41) is 6.81. The minimum atomic E-state index is -4.66. The molecule has 2 aromatic rings. The maximum Gasteiger partial charge on any atom is 0.573 e. The van der Waals surface area contributed by atoms with Crippen molar-refractivity contribution in [2.24, 2.45) is 0 Å². The standard InChI is InChI=1S/C13H14F3N3O2/c1-9-18-12(21-19-9)6-7-17-8-10-2-4-11(5-3-10)20-13(14,15)16/h2-5,17H,6-8H2,1H3. The fourth-order valence-corrected chi connectivity index (χ4v) is 1.68. The number of hydrogen-bond acceptors (Lipinski definition) is 5. The molecule has 0 aliphatic carbocycles. The predicted molar refractivity (Wildman–Crippen MR) is 67.6 cm³/mol. The Kier molecular flexibility index (Phi) is 4.79. The summed E-state index contributed by atoms with van der Waals surface area (Å²) in [4.78, 5) is 4.06. The number of hydrogen-bond donors (Lipinski definition) is 1. The van der Waals surface area contributed by atoms with Crippen LogP contribution in [0.5, 0.6) is 5.75 Å². The first-order valence-corrected chi connectivity index (χ1v) is 6.27. The number of nitrogens with zero attached hydrogens (tertiary/aromatic N) is 2. The predicted octanol–water partition coefficient (Wildman–Crippen LogP) is 2.61. The van der Waals surface area contributed by atoms with Gasteiger partial charge in [0.1, 0.15) is 5.75 Å². The van der Waals surface area contributed by atoms with Gasteiger partial charge in [0, 0.05) is 19.5 Å². The average Bonchev–Trinajstić information content (AvgIpc) is 2.81. The molecule has 0 fully saturated rings. The minimum absolute atomic E-state index is 0.229. The first kappa shape index (κ1) is 15.3. The van der Waals surface area contributed by atoms with E-state index in [0.29, 0.717) is 31.2 Å². The lowest BCUT2D eigenvalue weighted by atomic mass is 10.2. The van der Waals surface area contributed by atoms with E-state index < -0.39 is 6.36 Å². The largest absolute Gasteiger partial charge is 0.573 e. The van der Waals surface area contributed by atoms with Gasteiger partial charge < -0.3 is 14.6 Å². The monoisotopic (exact) mass is 301 g/mol. The molecule has 1 N–H and O–H groups in total. The molecule has 1 aromatic heterocycles. The number of alkyl halides is 3. The molecule has 114 valence electrons. The molecule has 1 aromatic carbocycles. The maximum atomic E-state index is 12.0. The molecular formula is C13H14F3N3O2. The topological polar surface area (TPSA) is 60.2 Å². The lowest BCUT2D eigenvalue weighted by Gasteiger charge is -2.09. The van der Waals surface area contributed by atoms with E-state index in [1.807, 2.05) is 0 Å². The molecule has 5 nitrogen and oxygen atoms in total. The summed E-state index contributed by atoms with van der Waals surface area (Å²) in [6.07, 6.45) is -4.07. The van der Waals surface area contributed by atoms with Crippen LogP contribution in [0, 0.1) is 6.92 Å². The Morgan fingerprint density at radius 1 is 1.24 bits per heavy atom. The Morgan fingerprint density at radius 2 is 1.95 bits per heavy atom. The van der Waals surface area contributed by atoms with Gasteiger partial charge in [-0.25, -0.2) is 0 Å². The molecule has 0 saturated heterocycles. The van der Waals surface area contributed by atoms with Crippen molar-refractivity contribution in [3.05, 3.63) is 41.5 Å². The molecule has 0 spiro atoms. The van der Waals surface area contributed by atoms with Crippen LogP contribution in [0.3, 0.4) is 0 Å². The molecule has 0 saturated carbocycles. The van der Waals surface area contributed by atoms with Crippen molar-refractivity contribution in [1.29, 1.82) is 0 Å². The van der Waals surface area contributed by atoms with Crippen LogP contribution in [-0.4, -0.2) is 23.0 Å². The summed E-state index contributed by atoms with van der Waals surface area (Å²) in [6.45, 7) is 2.90. The summed E-state index contributed by atoms with van der Waals surface area (Å²) in [6, 6.07) is 5.72. The van der Waals surface area contributed by atoms with E-state index in [1.54, 1.807) is 19.1 Å². The zero-order valence-corrected chi connectivity index (χ0v) is 11.3. The normalized spacial score (nSPS) is 11.6. The molecule has 8 heteroatoms. The molecule has 0 radical (unpaired) electrons. The van der Waals surface area contributed by atoms with Crippen LogP contribution < -0.4 is 10.1 Å². The van der Waals surface area contributed by atoms with Crippen molar-refractivity contribution in [1.82, 2.24) is 15.5 Å². The summed E-state index contributed by atoms with van der Waals surface area (Å²) in [5.74, 6) is 0.909. The third-order valence-corrected chi connectivity index (χ3v) is 2.57. The number of aromatic nitrogens is 2. The van der Waals surface area contributed by atoms with Crippen molar-refractivity contribution in [2.45, 2.75) is 26.3 Å². The Morgan fingerprint density at radius 3 is 2.52 bits per heavy atom. The lowest BCUT2D eigenvalue weighted by molar-refractivity contribution is -0.274. The van der Waals surface area contributed by atoms with Crippen LogP contribution in [-0.2, 0) is 13.0 Å². The van der Waals surface area contributed by atoms with Crippen LogP contribution in [0.15, 0.2) is 28.8 Å². The fraction of sp³-hybridized carbons (Fsp3) is 0.385. The van der Waals surface area contributed by atoms with Crippen LogP contribution in [0.4, 0.5) is 13.2 Å². The molecule has 0 aliphatic heterocycles. The SMILES string of the molecule is Cc1noc(CCNCc2ccc(OC(F)(F)F)cc2)n1. The van der Waals surface area contributed by atoms with Gasteiger partial charge in [-0.3, -0.25) is 0 Å². The maximum absolute atomic E-state index is 12.0. The highest BCUT2D eigenvalue weighted by molar-refractivity contribution is 5.27. The molecule has 0 aliphatic rings. The van der Waals surface area contributed by atoms with E-state index in [1.165, 1.54) is 12.1 Å². The summed E-state index contributed by atoms with van der Waals surface area (Å²) < 4.78 is 44.7. The highest BCUT2D eigenvalue weighted by atomic mass is 19.4. The number of nitrogens with one attached hydrogen (secondary N) is 1. The van der Waals surface area contributed by atoms with E-state index in [4.69, 9.17) is 4.52 Å². The number of rotatable bonds is 6. The van der Waals surface area contributed by atoms with Crippen molar-refractivity contribution in [3.63, 3.8) is 0 Å². The summed E-state index contributed by atoms with van der Waals surface area (Å²) >= 11 is 0. The average molecular weight is 301 g/mol. The molecule has 2 rings (SSSR count). The third kappa shape index (κ3) is 5.42. The smallest absolute Gasteiger partial charge is 0.406 e. The van der Waals surface area contributed by atoms with Gasteiger partial charge in [-0.15, -0.1) is 13.2 Å². The Labute approximate surface area is 119 Å². The van der Waals surface area contributed by atoms with Gasteiger partial charge in [-0.1, -0.05) is 17.3 Å².